The molecular formula is C12H19N5O. The van der Waals surface area contributed by atoms with E-state index in [4.69, 9.17) is 5.73 Å². The van der Waals surface area contributed by atoms with Crippen LogP contribution in [-0.2, 0) is 0 Å². The SMILES string of the molecule is CNC(=O)c1ccc(N2CC(C)CC(N)C2)nn1. The average molecular weight is 249 g/mol. The fourth-order valence-corrected chi connectivity index (χ4v) is 2.33. The molecule has 1 aliphatic heterocycles. The van der Waals surface area contributed by atoms with Gasteiger partial charge in [-0.15, -0.1) is 10.2 Å². The maximum absolute atomic E-state index is 11.4. The standard InChI is InChI=1S/C12H19N5O/c1-8-5-9(13)7-17(6-8)11-4-3-10(15-16-11)12(18)14-2/h3-4,8-9H,5-7,13H2,1-2H3,(H,14,18). The molecule has 2 heterocycles. The second-order valence-electron chi connectivity index (χ2n) is 4.86. The summed E-state index contributed by atoms with van der Waals surface area (Å²) >= 11 is 0. The minimum Gasteiger partial charge on any atom is -0.354 e. The Balaban J connectivity index is 2.11. The van der Waals surface area contributed by atoms with Crippen LogP contribution in [0.25, 0.3) is 0 Å². The number of nitrogens with zero attached hydrogens (tertiary/aromatic N) is 3. The van der Waals surface area contributed by atoms with Crippen LogP contribution in [0.2, 0.25) is 0 Å². The lowest BCUT2D eigenvalue weighted by atomic mass is 9.97. The van der Waals surface area contributed by atoms with E-state index < -0.39 is 0 Å². The van der Waals surface area contributed by atoms with Crippen LogP contribution in [0.15, 0.2) is 12.1 Å². The molecule has 1 aromatic heterocycles. The number of amides is 1. The fraction of sp³-hybridized carbons (Fsp3) is 0.583. The first-order valence-electron chi connectivity index (χ1n) is 6.16. The molecule has 98 valence electrons. The van der Waals surface area contributed by atoms with Gasteiger partial charge in [0.1, 0.15) is 0 Å². The number of carbonyl (C=O) groups excluding carboxylic acids is 1. The zero-order valence-electron chi connectivity index (χ0n) is 10.8. The molecule has 1 saturated heterocycles. The van der Waals surface area contributed by atoms with Crippen molar-refractivity contribution in [1.29, 1.82) is 0 Å². The van der Waals surface area contributed by atoms with E-state index in [1.54, 1.807) is 13.1 Å². The lowest BCUT2D eigenvalue weighted by Crippen LogP contribution is -2.46. The van der Waals surface area contributed by atoms with Crippen LogP contribution in [0.1, 0.15) is 23.8 Å². The minimum atomic E-state index is -0.224. The highest BCUT2D eigenvalue weighted by Gasteiger charge is 2.23. The third-order valence-electron chi connectivity index (χ3n) is 3.13. The van der Waals surface area contributed by atoms with E-state index >= 15 is 0 Å². The van der Waals surface area contributed by atoms with Crippen molar-refractivity contribution < 1.29 is 4.79 Å². The Bertz CT molecular complexity index is 409. The molecule has 0 bridgehead atoms. The lowest BCUT2D eigenvalue weighted by molar-refractivity contribution is 0.0957. The van der Waals surface area contributed by atoms with Gasteiger partial charge in [-0.3, -0.25) is 4.79 Å². The first-order valence-corrected chi connectivity index (χ1v) is 6.16. The van der Waals surface area contributed by atoms with Gasteiger partial charge in [-0.25, -0.2) is 0 Å². The number of rotatable bonds is 2. The van der Waals surface area contributed by atoms with Crippen molar-refractivity contribution in [3.05, 3.63) is 17.8 Å². The molecule has 2 unspecified atom stereocenters. The topological polar surface area (TPSA) is 84.1 Å². The van der Waals surface area contributed by atoms with Crippen LogP contribution in [0.5, 0.6) is 0 Å². The largest absolute Gasteiger partial charge is 0.354 e. The molecule has 0 saturated carbocycles. The van der Waals surface area contributed by atoms with Crippen LogP contribution in [0.4, 0.5) is 5.82 Å². The molecule has 0 radical (unpaired) electrons. The zero-order valence-corrected chi connectivity index (χ0v) is 10.8. The first-order chi connectivity index (χ1) is 8.60. The van der Waals surface area contributed by atoms with Crippen molar-refractivity contribution in [2.75, 3.05) is 25.0 Å². The molecular weight excluding hydrogens is 230 g/mol. The smallest absolute Gasteiger partial charge is 0.271 e. The zero-order chi connectivity index (χ0) is 13.1. The Kier molecular flexibility index (Phi) is 3.76. The summed E-state index contributed by atoms with van der Waals surface area (Å²) in [5.74, 6) is 1.11. The summed E-state index contributed by atoms with van der Waals surface area (Å²) in [6, 6.07) is 3.68. The molecule has 0 aliphatic carbocycles. The van der Waals surface area contributed by atoms with E-state index in [0.29, 0.717) is 11.6 Å². The van der Waals surface area contributed by atoms with E-state index in [0.717, 1.165) is 25.3 Å². The van der Waals surface area contributed by atoms with Crippen LogP contribution in [0.3, 0.4) is 0 Å². The molecule has 18 heavy (non-hydrogen) atoms. The number of nitrogens with one attached hydrogen (secondary N) is 1. The summed E-state index contributed by atoms with van der Waals surface area (Å²) in [5.41, 5.74) is 6.33. The van der Waals surface area contributed by atoms with Gasteiger partial charge in [-0.05, 0) is 24.5 Å². The van der Waals surface area contributed by atoms with E-state index in [2.05, 4.69) is 27.3 Å². The molecule has 6 nitrogen and oxygen atoms in total. The number of hydrogen-bond acceptors (Lipinski definition) is 5. The molecule has 6 heteroatoms. The predicted molar refractivity (Wildman–Crippen MR) is 69.4 cm³/mol. The van der Waals surface area contributed by atoms with Gasteiger partial charge in [-0.1, -0.05) is 6.92 Å². The Morgan fingerprint density at radius 2 is 2.22 bits per heavy atom. The Morgan fingerprint density at radius 1 is 1.44 bits per heavy atom. The summed E-state index contributed by atoms with van der Waals surface area (Å²) in [6.07, 6.45) is 1.04. The van der Waals surface area contributed by atoms with Crippen molar-refractivity contribution in [2.45, 2.75) is 19.4 Å². The second-order valence-corrected chi connectivity index (χ2v) is 4.86. The van der Waals surface area contributed by atoms with Crippen LogP contribution in [0, 0.1) is 5.92 Å². The molecule has 0 aromatic carbocycles. The van der Waals surface area contributed by atoms with E-state index in [1.807, 2.05) is 6.07 Å². The van der Waals surface area contributed by atoms with Gasteiger partial charge in [0, 0.05) is 26.2 Å². The summed E-state index contributed by atoms with van der Waals surface area (Å²) in [4.78, 5) is 13.5. The van der Waals surface area contributed by atoms with Crippen LogP contribution >= 0.6 is 0 Å². The number of carbonyl (C=O) groups is 1. The van der Waals surface area contributed by atoms with Gasteiger partial charge < -0.3 is 16.0 Å². The maximum atomic E-state index is 11.4. The van der Waals surface area contributed by atoms with E-state index in [-0.39, 0.29) is 11.9 Å². The third-order valence-corrected chi connectivity index (χ3v) is 3.13. The summed E-state index contributed by atoms with van der Waals surface area (Å²) in [7, 11) is 1.57. The second kappa shape index (κ2) is 5.30. The third kappa shape index (κ3) is 2.76. The van der Waals surface area contributed by atoms with Gasteiger partial charge >= 0.3 is 0 Å². The summed E-state index contributed by atoms with van der Waals surface area (Å²) in [6.45, 7) is 3.90. The summed E-state index contributed by atoms with van der Waals surface area (Å²) in [5, 5.41) is 10.5. The lowest BCUT2D eigenvalue weighted by Gasteiger charge is -2.35. The number of nitrogens with two attached hydrogens (primary N) is 1. The number of hydrogen-bond donors (Lipinski definition) is 2. The highest BCUT2D eigenvalue weighted by atomic mass is 16.1. The monoisotopic (exact) mass is 249 g/mol. The Morgan fingerprint density at radius 3 is 2.78 bits per heavy atom. The number of aromatic nitrogens is 2. The van der Waals surface area contributed by atoms with Gasteiger partial charge in [0.15, 0.2) is 11.5 Å². The molecule has 1 aliphatic rings. The Hall–Kier alpha value is -1.69. The quantitative estimate of drug-likeness (QED) is 0.771. The van der Waals surface area contributed by atoms with Gasteiger partial charge in [-0.2, -0.15) is 0 Å². The predicted octanol–water partition coefficient (Wildman–Crippen LogP) is 0.00970. The highest BCUT2D eigenvalue weighted by molar-refractivity contribution is 5.91. The minimum absolute atomic E-state index is 0.175. The molecule has 1 amide bonds. The maximum Gasteiger partial charge on any atom is 0.271 e. The molecule has 0 spiro atoms. The van der Waals surface area contributed by atoms with Crippen LogP contribution < -0.4 is 16.0 Å². The highest BCUT2D eigenvalue weighted by Crippen LogP contribution is 2.20. The van der Waals surface area contributed by atoms with Gasteiger partial charge in [0.2, 0.25) is 0 Å². The van der Waals surface area contributed by atoms with Crippen molar-refractivity contribution in [3.63, 3.8) is 0 Å². The molecule has 2 atom stereocenters. The average Bonchev–Trinajstić information content (AvgIpc) is 2.37. The van der Waals surface area contributed by atoms with Crippen LogP contribution in [-0.4, -0.2) is 42.3 Å². The van der Waals surface area contributed by atoms with E-state index in [9.17, 15) is 4.79 Å². The van der Waals surface area contributed by atoms with Gasteiger partial charge in [0.05, 0.1) is 0 Å². The fourth-order valence-electron chi connectivity index (χ4n) is 2.33. The van der Waals surface area contributed by atoms with Crippen molar-refractivity contribution >= 4 is 11.7 Å². The van der Waals surface area contributed by atoms with Crippen molar-refractivity contribution in [2.24, 2.45) is 11.7 Å². The molecule has 2 rings (SSSR count). The van der Waals surface area contributed by atoms with Gasteiger partial charge in [0.25, 0.3) is 5.91 Å². The first kappa shape index (κ1) is 12.8. The summed E-state index contributed by atoms with van der Waals surface area (Å²) < 4.78 is 0. The normalized spacial score (nSPS) is 23.8. The number of piperidine rings is 1. The van der Waals surface area contributed by atoms with Crippen molar-refractivity contribution in [1.82, 2.24) is 15.5 Å². The molecule has 3 N–H and O–H groups in total. The number of anilines is 1. The van der Waals surface area contributed by atoms with E-state index in [1.165, 1.54) is 0 Å². The van der Waals surface area contributed by atoms with Crippen molar-refractivity contribution in [3.8, 4) is 0 Å². The Labute approximate surface area is 107 Å². The molecule has 1 aromatic rings. The molecule has 1 fully saturated rings.